The molecule has 1 atom stereocenters. The third-order valence-corrected chi connectivity index (χ3v) is 4.89. The Bertz CT molecular complexity index is 1050. The van der Waals surface area contributed by atoms with E-state index in [2.05, 4.69) is 73.4 Å². The van der Waals surface area contributed by atoms with Crippen molar-refractivity contribution in [2.75, 3.05) is 14.1 Å². The summed E-state index contributed by atoms with van der Waals surface area (Å²) in [7, 11) is 4.24. The van der Waals surface area contributed by atoms with E-state index in [1.165, 1.54) is 27.7 Å². The van der Waals surface area contributed by atoms with Crippen LogP contribution in [0, 0.1) is 6.92 Å². The van der Waals surface area contributed by atoms with E-state index in [4.69, 9.17) is 4.74 Å². The molecule has 3 heteroatoms. The van der Waals surface area contributed by atoms with Gasteiger partial charge >= 0.3 is 0 Å². The molecule has 0 saturated heterocycles. The topological polar surface area (TPSA) is 28.3 Å². The zero-order chi connectivity index (χ0) is 18.8. The molecule has 1 N–H and O–H groups in total. The molecule has 1 unspecified atom stereocenters. The average Bonchev–Trinajstić information content (AvgIpc) is 2.99. The fourth-order valence-electron chi connectivity index (χ4n) is 3.75. The van der Waals surface area contributed by atoms with Crippen LogP contribution in [0.1, 0.15) is 22.9 Å². The Morgan fingerprint density at radius 2 is 1.52 bits per heavy atom. The zero-order valence-electron chi connectivity index (χ0n) is 15.9. The van der Waals surface area contributed by atoms with Crippen LogP contribution in [-0.4, -0.2) is 24.0 Å². The highest BCUT2D eigenvalue weighted by Crippen LogP contribution is 2.36. The van der Waals surface area contributed by atoms with E-state index in [-0.39, 0.29) is 6.04 Å². The van der Waals surface area contributed by atoms with E-state index in [1.54, 1.807) is 0 Å². The van der Waals surface area contributed by atoms with Crippen LogP contribution in [0.2, 0.25) is 0 Å². The van der Waals surface area contributed by atoms with Crippen molar-refractivity contribution in [3.8, 4) is 11.5 Å². The number of aromatic amines is 1. The quantitative estimate of drug-likeness (QED) is 0.481. The fraction of sp³-hybridized carbons (Fsp3) is 0.167. The first-order chi connectivity index (χ1) is 13.1. The second-order valence-corrected chi connectivity index (χ2v) is 7.06. The summed E-state index contributed by atoms with van der Waals surface area (Å²) in [5.41, 5.74) is 4.89. The van der Waals surface area contributed by atoms with Gasteiger partial charge in [0.1, 0.15) is 11.5 Å². The van der Waals surface area contributed by atoms with Crippen molar-refractivity contribution in [1.29, 1.82) is 0 Å². The van der Waals surface area contributed by atoms with E-state index in [0.29, 0.717) is 0 Å². The summed E-state index contributed by atoms with van der Waals surface area (Å²) < 4.78 is 6.06. The average molecular weight is 356 g/mol. The van der Waals surface area contributed by atoms with Gasteiger partial charge in [0.05, 0.1) is 6.04 Å². The zero-order valence-corrected chi connectivity index (χ0v) is 15.9. The van der Waals surface area contributed by atoms with Gasteiger partial charge in [-0.15, -0.1) is 0 Å². The predicted molar refractivity (Wildman–Crippen MR) is 112 cm³/mol. The number of hydrogen-bond acceptors (Lipinski definition) is 2. The van der Waals surface area contributed by atoms with E-state index in [0.717, 1.165) is 11.5 Å². The number of H-pyrrole nitrogens is 1. The first-order valence-electron chi connectivity index (χ1n) is 9.20. The minimum atomic E-state index is 0.139. The van der Waals surface area contributed by atoms with Crippen molar-refractivity contribution < 1.29 is 4.74 Å². The molecule has 136 valence electrons. The normalized spacial score (nSPS) is 12.4. The predicted octanol–water partition coefficient (Wildman–Crippen LogP) is 5.92. The van der Waals surface area contributed by atoms with E-state index < -0.39 is 0 Å². The van der Waals surface area contributed by atoms with Crippen LogP contribution in [0.3, 0.4) is 0 Å². The maximum absolute atomic E-state index is 6.06. The maximum Gasteiger partial charge on any atom is 0.127 e. The number of benzene rings is 3. The van der Waals surface area contributed by atoms with E-state index in [9.17, 15) is 0 Å². The largest absolute Gasteiger partial charge is 0.457 e. The molecule has 1 aromatic heterocycles. The molecule has 0 saturated carbocycles. The van der Waals surface area contributed by atoms with Gasteiger partial charge in [-0.05, 0) is 56.9 Å². The molecule has 3 nitrogen and oxygen atoms in total. The van der Waals surface area contributed by atoms with Gasteiger partial charge in [-0.25, -0.2) is 0 Å². The lowest BCUT2D eigenvalue weighted by Crippen LogP contribution is -2.21. The smallest absolute Gasteiger partial charge is 0.127 e. The highest BCUT2D eigenvalue weighted by atomic mass is 16.5. The Labute approximate surface area is 160 Å². The first-order valence-corrected chi connectivity index (χ1v) is 9.20. The monoisotopic (exact) mass is 356 g/mol. The molecule has 0 radical (unpaired) electrons. The number of ether oxygens (including phenoxy) is 1. The van der Waals surface area contributed by atoms with Crippen LogP contribution >= 0.6 is 0 Å². The number of hydrogen-bond donors (Lipinski definition) is 1. The number of aryl methyl sites for hydroxylation is 1. The van der Waals surface area contributed by atoms with Crippen LogP contribution in [-0.2, 0) is 0 Å². The summed E-state index contributed by atoms with van der Waals surface area (Å²) in [5.74, 6) is 1.70. The van der Waals surface area contributed by atoms with Crippen molar-refractivity contribution in [3.05, 3.63) is 95.7 Å². The summed E-state index contributed by atoms with van der Waals surface area (Å²) in [5, 5.41) is 1.27. The van der Waals surface area contributed by atoms with Crippen LogP contribution in [0.5, 0.6) is 11.5 Å². The summed E-state index contributed by atoms with van der Waals surface area (Å²) >= 11 is 0. The molecule has 27 heavy (non-hydrogen) atoms. The Kier molecular flexibility index (Phi) is 4.69. The Balaban J connectivity index is 1.77. The van der Waals surface area contributed by atoms with Crippen LogP contribution in [0.15, 0.2) is 78.9 Å². The molecule has 4 rings (SSSR count). The second kappa shape index (κ2) is 7.29. The number of nitrogens with one attached hydrogen (secondary N) is 1. The van der Waals surface area contributed by atoms with Crippen molar-refractivity contribution in [2.24, 2.45) is 0 Å². The minimum Gasteiger partial charge on any atom is -0.457 e. The van der Waals surface area contributed by atoms with Crippen molar-refractivity contribution in [2.45, 2.75) is 13.0 Å². The van der Waals surface area contributed by atoms with Crippen LogP contribution < -0.4 is 4.74 Å². The molecule has 1 heterocycles. The van der Waals surface area contributed by atoms with E-state index in [1.807, 2.05) is 36.4 Å². The number of aromatic nitrogens is 1. The molecule has 4 aromatic rings. The van der Waals surface area contributed by atoms with E-state index >= 15 is 0 Å². The van der Waals surface area contributed by atoms with Crippen LogP contribution in [0.4, 0.5) is 0 Å². The van der Waals surface area contributed by atoms with Gasteiger partial charge in [0.15, 0.2) is 0 Å². The van der Waals surface area contributed by atoms with Gasteiger partial charge in [0.25, 0.3) is 0 Å². The summed E-state index contributed by atoms with van der Waals surface area (Å²) in [6.07, 6.45) is 0. The third kappa shape index (κ3) is 3.46. The van der Waals surface area contributed by atoms with Gasteiger partial charge < -0.3 is 9.72 Å². The highest BCUT2D eigenvalue weighted by Gasteiger charge is 2.23. The van der Waals surface area contributed by atoms with Crippen LogP contribution in [0.25, 0.3) is 10.9 Å². The van der Waals surface area contributed by atoms with Crippen molar-refractivity contribution in [1.82, 2.24) is 9.88 Å². The Hall–Kier alpha value is -3.04. The van der Waals surface area contributed by atoms with Gasteiger partial charge in [-0.1, -0.05) is 48.5 Å². The van der Waals surface area contributed by atoms with Gasteiger partial charge in [0.2, 0.25) is 0 Å². The second-order valence-electron chi connectivity index (χ2n) is 7.06. The first kappa shape index (κ1) is 17.4. The molecule has 0 amide bonds. The van der Waals surface area contributed by atoms with Gasteiger partial charge in [-0.2, -0.15) is 0 Å². The molecule has 3 aromatic carbocycles. The number of para-hydroxylation sites is 2. The third-order valence-electron chi connectivity index (χ3n) is 4.89. The highest BCUT2D eigenvalue weighted by molar-refractivity contribution is 5.85. The van der Waals surface area contributed by atoms with Crippen molar-refractivity contribution in [3.63, 3.8) is 0 Å². The molecule has 0 fully saturated rings. The van der Waals surface area contributed by atoms with Crippen molar-refractivity contribution >= 4 is 10.9 Å². The standard InChI is InChI=1S/C24H24N2O/c1-17-23(21-14-7-8-15-22(21)25-17)24(26(2)3)18-10-9-13-20(16-18)27-19-11-5-4-6-12-19/h4-16,24-25H,1-3H3. The Morgan fingerprint density at radius 1 is 0.815 bits per heavy atom. The molecular weight excluding hydrogens is 332 g/mol. The number of fused-ring (bicyclic) bond motifs is 1. The molecule has 0 aliphatic carbocycles. The summed E-state index contributed by atoms with van der Waals surface area (Å²) in [6.45, 7) is 2.15. The SMILES string of the molecule is Cc1[nH]c2ccccc2c1C(c1cccc(Oc2ccccc2)c1)N(C)C. The minimum absolute atomic E-state index is 0.139. The molecule has 0 bridgehead atoms. The molecular formula is C24H24N2O. The lowest BCUT2D eigenvalue weighted by Gasteiger charge is -2.26. The Morgan fingerprint density at radius 3 is 2.30 bits per heavy atom. The number of rotatable bonds is 5. The maximum atomic E-state index is 6.06. The summed E-state index contributed by atoms with van der Waals surface area (Å²) in [6, 6.07) is 26.9. The lowest BCUT2D eigenvalue weighted by atomic mass is 9.95. The number of nitrogens with zero attached hydrogens (tertiary/aromatic N) is 1. The fourth-order valence-corrected chi connectivity index (χ4v) is 3.75. The van der Waals surface area contributed by atoms with Gasteiger partial charge in [-0.3, -0.25) is 4.90 Å². The lowest BCUT2D eigenvalue weighted by molar-refractivity contribution is 0.342. The molecule has 0 aliphatic rings. The molecule has 0 aliphatic heterocycles. The van der Waals surface area contributed by atoms with Gasteiger partial charge in [0, 0.05) is 22.2 Å². The molecule has 0 spiro atoms. The summed E-state index contributed by atoms with van der Waals surface area (Å²) in [4.78, 5) is 5.78.